The molecule has 4 heteroatoms. The van der Waals surface area contributed by atoms with E-state index in [9.17, 15) is 4.79 Å². The van der Waals surface area contributed by atoms with E-state index in [1.807, 2.05) is 18.2 Å². The molecular weight excluding hydrogens is 216 g/mol. The molecule has 1 aromatic carbocycles. The van der Waals surface area contributed by atoms with Gasteiger partial charge in [0.25, 0.3) is 5.91 Å². The van der Waals surface area contributed by atoms with Crippen LogP contribution in [0.1, 0.15) is 31.9 Å². The lowest BCUT2D eigenvalue weighted by Gasteiger charge is -2.22. The fourth-order valence-corrected chi connectivity index (χ4v) is 1.89. The first-order valence-electron chi connectivity index (χ1n) is 5.94. The number of nitrogens with one attached hydrogen (secondary N) is 1. The molecule has 0 fully saturated rings. The Bertz CT molecular complexity index is 431. The summed E-state index contributed by atoms with van der Waals surface area (Å²) in [5, 5.41) is 2.79. The van der Waals surface area contributed by atoms with Crippen LogP contribution in [0.5, 0.6) is 5.75 Å². The lowest BCUT2D eigenvalue weighted by atomic mass is 9.93. The van der Waals surface area contributed by atoms with Crippen LogP contribution in [0.4, 0.5) is 5.69 Å². The summed E-state index contributed by atoms with van der Waals surface area (Å²) in [6.45, 7) is 4.33. The maximum absolute atomic E-state index is 11.2. The monoisotopic (exact) mass is 234 g/mol. The van der Waals surface area contributed by atoms with E-state index < -0.39 is 0 Å². The zero-order valence-corrected chi connectivity index (χ0v) is 10.2. The fourth-order valence-electron chi connectivity index (χ4n) is 1.89. The number of amides is 1. The standard InChI is InChI=1S/C13H18N2O2/c1-3-8(2)13(14)9-4-5-11-10(6-9)15-12(16)7-17-11/h4-6,8,13H,3,7,14H2,1-2H3,(H,15,16). The molecule has 0 saturated carbocycles. The van der Waals surface area contributed by atoms with Crippen LogP contribution in [0.3, 0.4) is 0 Å². The summed E-state index contributed by atoms with van der Waals surface area (Å²) in [5.74, 6) is 1.00. The minimum absolute atomic E-state index is 0.0101. The first-order valence-corrected chi connectivity index (χ1v) is 5.94. The number of nitrogens with two attached hydrogens (primary N) is 1. The van der Waals surface area contributed by atoms with Crippen molar-refractivity contribution in [3.63, 3.8) is 0 Å². The minimum Gasteiger partial charge on any atom is -0.482 e. The van der Waals surface area contributed by atoms with E-state index in [0.717, 1.165) is 17.7 Å². The van der Waals surface area contributed by atoms with Crippen LogP contribution in [0, 0.1) is 5.92 Å². The predicted molar refractivity (Wildman–Crippen MR) is 67.0 cm³/mol. The quantitative estimate of drug-likeness (QED) is 0.841. The Hall–Kier alpha value is -1.55. The minimum atomic E-state index is -0.119. The highest BCUT2D eigenvalue weighted by Gasteiger charge is 2.19. The van der Waals surface area contributed by atoms with Crippen molar-refractivity contribution < 1.29 is 9.53 Å². The van der Waals surface area contributed by atoms with Gasteiger partial charge in [-0.3, -0.25) is 4.79 Å². The van der Waals surface area contributed by atoms with E-state index in [0.29, 0.717) is 11.7 Å². The van der Waals surface area contributed by atoms with Crippen molar-refractivity contribution in [2.45, 2.75) is 26.3 Å². The smallest absolute Gasteiger partial charge is 0.262 e. The Kier molecular flexibility index (Phi) is 3.33. The summed E-state index contributed by atoms with van der Waals surface area (Å²) in [6.07, 6.45) is 1.03. The van der Waals surface area contributed by atoms with Crippen molar-refractivity contribution in [1.82, 2.24) is 0 Å². The molecule has 17 heavy (non-hydrogen) atoms. The molecule has 0 saturated heterocycles. The first kappa shape index (κ1) is 11.9. The van der Waals surface area contributed by atoms with Crippen LogP contribution < -0.4 is 15.8 Å². The molecule has 0 aliphatic carbocycles. The lowest BCUT2D eigenvalue weighted by molar-refractivity contribution is -0.118. The molecule has 2 atom stereocenters. The zero-order valence-electron chi connectivity index (χ0n) is 10.2. The number of hydrogen-bond donors (Lipinski definition) is 2. The van der Waals surface area contributed by atoms with Gasteiger partial charge in [0.15, 0.2) is 6.61 Å². The Balaban J connectivity index is 2.26. The third-order valence-corrected chi connectivity index (χ3v) is 3.28. The van der Waals surface area contributed by atoms with E-state index in [1.165, 1.54) is 0 Å². The SMILES string of the molecule is CCC(C)C(N)c1ccc2c(c1)NC(=O)CO2. The second kappa shape index (κ2) is 4.75. The van der Waals surface area contributed by atoms with Crippen molar-refractivity contribution in [1.29, 1.82) is 0 Å². The van der Waals surface area contributed by atoms with Gasteiger partial charge in [-0.25, -0.2) is 0 Å². The summed E-state index contributed by atoms with van der Waals surface area (Å²) in [4.78, 5) is 11.2. The van der Waals surface area contributed by atoms with E-state index in [-0.39, 0.29) is 18.6 Å². The highest BCUT2D eigenvalue weighted by atomic mass is 16.5. The number of hydrogen-bond acceptors (Lipinski definition) is 3. The molecule has 92 valence electrons. The maximum atomic E-state index is 11.2. The second-order valence-corrected chi connectivity index (χ2v) is 4.50. The third-order valence-electron chi connectivity index (χ3n) is 3.28. The number of ether oxygens (including phenoxy) is 1. The highest BCUT2D eigenvalue weighted by molar-refractivity contribution is 5.95. The molecule has 2 rings (SSSR count). The van der Waals surface area contributed by atoms with Crippen LogP contribution in [0.2, 0.25) is 0 Å². The number of carbonyl (C=O) groups is 1. The van der Waals surface area contributed by atoms with Gasteiger partial charge in [0, 0.05) is 6.04 Å². The van der Waals surface area contributed by atoms with Gasteiger partial charge in [0.05, 0.1) is 5.69 Å². The van der Waals surface area contributed by atoms with Gasteiger partial charge in [-0.05, 0) is 23.6 Å². The molecule has 1 aliphatic rings. The van der Waals surface area contributed by atoms with Crippen molar-refractivity contribution in [3.8, 4) is 5.75 Å². The summed E-state index contributed by atoms with van der Waals surface area (Å²) in [6, 6.07) is 5.73. The van der Waals surface area contributed by atoms with Gasteiger partial charge in [0.2, 0.25) is 0 Å². The van der Waals surface area contributed by atoms with E-state index in [4.69, 9.17) is 10.5 Å². The van der Waals surface area contributed by atoms with Gasteiger partial charge >= 0.3 is 0 Å². The van der Waals surface area contributed by atoms with Crippen molar-refractivity contribution in [2.75, 3.05) is 11.9 Å². The van der Waals surface area contributed by atoms with Crippen LogP contribution in [0.25, 0.3) is 0 Å². The molecule has 1 heterocycles. The Labute approximate surface area is 101 Å². The molecule has 1 amide bonds. The molecule has 4 nitrogen and oxygen atoms in total. The first-order chi connectivity index (χ1) is 8.11. The predicted octanol–water partition coefficient (Wildman–Crippen LogP) is 2.06. The highest BCUT2D eigenvalue weighted by Crippen LogP contribution is 2.32. The maximum Gasteiger partial charge on any atom is 0.262 e. The molecule has 3 N–H and O–H groups in total. The average Bonchev–Trinajstić information content (AvgIpc) is 2.36. The van der Waals surface area contributed by atoms with Crippen molar-refractivity contribution in [2.24, 2.45) is 11.7 Å². The topological polar surface area (TPSA) is 64.3 Å². The van der Waals surface area contributed by atoms with Crippen molar-refractivity contribution in [3.05, 3.63) is 23.8 Å². The van der Waals surface area contributed by atoms with Crippen LogP contribution in [-0.4, -0.2) is 12.5 Å². The molecule has 0 bridgehead atoms. The third kappa shape index (κ3) is 2.42. The van der Waals surface area contributed by atoms with E-state index >= 15 is 0 Å². The van der Waals surface area contributed by atoms with Gasteiger partial charge in [-0.1, -0.05) is 26.3 Å². The van der Waals surface area contributed by atoms with Crippen LogP contribution in [0.15, 0.2) is 18.2 Å². The molecule has 0 radical (unpaired) electrons. The Morgan fingerprint density at radius 3 is 3.00 bits per heavy atom. The summed E-state index contributed by atoms with van der Waals surface area (Å²) in [5.41, 5.74) is 7.91. The molecule has 2 unspecified atom stereocenters. The Morgan fingerprint density at radius 2 is 2.29 bits per heavy atom. The second-order valence-electron chi connectivity index (χ2n) is 4.50. The molecular formula is C13H18N2O2. The molecule has 1 aliphatic heterocycles. The molecule has 0 spiro atoms. The Morgan fingerprint density at radius 1 is 1.53 bits per heavy atom. The largest absolute Gasteiger partial charge is 0.482 e. The number of anilines is 1. The van der Waals surface area contributed by atoms with Gasteiger partial charge in [-0.15, -0.1) is 0 Å². The molecule has 1 aromatic rings. The molecule has 0 aromatic heterocycles. The normalized spacial score (nSPS) is 17.7. The van der Waals surface area contributed by atoms with Crippen LogP contribution >= 0.6 is 0 Å². The average molecular weight is 234 g/mol. The van der Waals surface area contributed by atoms with Gasteiger partial charge < -0.3 is 15.8 Å². The number of benzene rings is 1. The summed E-state index contributed by atoms with van der Waals surface area (Å²) in [7, 11) is 0. The van der Waals surface area contributed by atoms with Crippen LogP contribution in [-0.2, 0) is 4.79 Å². The lowest BCUT2D eigenvalue weighted by Crippen LogP contribution is -2.26. The number of carbonyl (C=O) groups excluding carboxylic acids is 1. The van der Waals surface area contributed by atoms with Gasteiger partial charge in [0.1, 0.15) is 5.75 Å². The van der Waals surface area contributed by atoms with E-state index in [1.54, 1.807) is 0 Å². The number of rotatable bonds is 3. The number of fused-ring (bicyclic) bond motifs is 1. The zero-order chi connectivity index (χ0) is 12.4. The fraction of sp³-hybridized carbons (Fsp3) is 0.462. The summed E-state index contributed by atoms with van der Waals surface area (Å²) >= 11 is 0. The summed E-state index contributed by atoms with van der Waals surface area (Å²) < 4.78 is 5.30. The van der Waals surface area contributed by atoms with Crippen molar-refractivity contribution >= 4 is 11.6 Å². The van der Waals surface area contributed by atoms with E-state index in [2.05, 4.69) is 19.2 Å². The van der Waals surface area contributed by atoms with Gasteiger partial charge in [-0.2, -0.15) is 0 Å².